The fraction of sp³-hybridized carbons (Fsp3) is 0.333. The largest absolute Gasteiger partial charge is 0.452 e. The number of nitrogens with zero attached hydrogens (tertiary/aromatic N) is 2. The van der Waals surface area contributed by atoms with Gasteiger partial charge in [-0.15, -0.1) is 0 Å². The number of aromatic amines is 1. The van der Waals surface area contributed by atoms with Crippen molar-refractivity contribution in [1.29, 1.82) is 0 Å². The van der Waals surface area contributed by atoms with Crippen LogP contribution < -0.4 is 11.3 Å². The summed E-state index contributed by atoms with van der Waals surface area (Å²) in [6.07, 6.45) is -6.70. The zero-order valence-electron chi connectivity index (χ0n) is 15.2. The monoisotopic (exact) mass is 430 g/mol. The minimum atomic E-state index is -4.87. The predicted octanol–water partition coefficient (Wildman–Crippen LogP) is 2.17. The molecule has 2 heterocycles. The second-order valence-corrected chi connectivity index (χ2v) is 6.68. The Bertz CT molecular complexity index is 1030. The van der Waals surface area contributed by atoms with E-state index in [0.717, 1.165) is 24.5 Å². The van der Waals surface area contributed by atoms with E-state index in [-0.39, 0.29) is 17.7 Å². The summed E-state index contributed by atoms with van der Waals surface area (Å²) in [5, 5.41) is 0. The van der Waals surface area contributed by atoms with Crippen LogP contribution in [0.25, 0.3) is 0 Å². The SMILES string of the molecule is NC1=N[C@](CF)(c2cc(CC(=O)c3c[nH]c(=O)cn3)ccc2F)C[C@@H](C(F)(F)F)O1. The van der Waals surface area contributed by atoms with E-state index >= 15 is 0 Å². The highest BCUT2D eigenvalue weighted by Gasteiger charge is 2.52. The Labute approximate surface area is 165 Å². The molecular weight excluding hydrogens is 415 g/mol. The third-order valence-corrected chi connectivity index (χ3v) is 4.55. The van der Waals surface area contributed by atoms with Crippen LogP contribution in [0.2, 0.25) is 0 Å². The van der Waals surface area contributed by atoms with E-state index in [1.54, 1.807) is 0 Å². The van der Waals surface area contributed by atoms with Crippen LogP contribution in [-0.4, -0.2) is 40.7 Å². The molecule has 0 fully saturated rings. The number of ether oxygens (including phenoxy) is 1. The normalized spacial score (nSPS) is 21.6. The van der Waals surface area contributed by atoms with Gasteiger partial charge in [-0.3, -0.25) is 9.59 Å². The highest BCUT2D eigenvalue weighted by atomic mass is 19.4. The molecular formula is C18H15F5N4O3. The average Bonchev–Trinajstić information content (AvgIpc) is 2.68. The van der Waals surface area contributed by atoms with Crippen LogP contribution in [0.4, 0.5) is 22.0 Å². The number of ketones is 1. The third kappa shape index (κ3) is 4.31. The van der Waals surface area contributed by atoms with Gasteiger partial charge in [0.1, 0.15) is 23.7 Å². The molecule has 1 aliphatic heterocycles. The van der Waals surface area contributed by atoms with Crippen molar-refractivity contribution in [1.82, 2.24) is 9.97 Å². The van der Waals surface area contributed by atoms with Crippen molar-refractivity contribution in [2.75, 3.05) is 6.67 Å². The zero-order chi connectivity index (χ0) is 22.1. The molecule has 1 aliphatic rings. The van der Waals surface area contributed by atoms with Crippen molar-refractivity contribution in [3.05, 3.63) is 63.6 Å². The Morgan fingerprint density at radius 3 is 2.70 bits per heavy atom. The molecule has 0 aliphatic carbocycles. The van der Waals surface area contributed by atoms with Gasteiger partial charge in [-0.2, -0.15) is 13.2 Å². The summed E-state index contributed by atoms with van der Waals surface area (Å²) in [6.45, 7) is -1.47. The van der Waals surface area contributed by atoms with Crippen LogP contribution in [0.5, 0.6) is 0 Å². The maximum absolute atomic E-state index is 14.5. The molecule has 7 nitrogen and oxygen atoms in total. The molecule has 0 saturated heterocycles. The number of aliphatic imine (C=N–C) groups is 1. The molecule has 0 unspecified atom stereocenters. The van der Waals surface area contributed by atoms with Crippen molar-refractivity contribution >= 4 is 11.8 Å². The van der Waals surface area contributed by atoms with Gasteiger partial charge in [-0.1, -0.05) is 6.07 Å². The number of halogens is 5. The maximum Gasteiger partial charge on any atom is 0.425 e. The molecule has 0 bridgehead atoms. The smallest absolute Gasteiger partial charge is 0.425 e. The van der Waals surface area contributed by atoms with Gasteiger partial charge in [0, 0.05) is 24.6 Å². The second-order valence-electron chi connectivity index (χ2n) is 6.68. The Morgan fingerprint density at radius 2 is 2.10 bits per heavy atom. The van der Waals surface area contributed by atoms with E-state index in [0.29, 0.717) is 0 Å². The van der Waals surface area contributed by atoms with Crippen LogP contribution in [0, 0.1) is 5.82 Å². The molecule has 0 spiro atoms. The number of Topliss-reactive ketones (excluding diaryl/α,β-unsaturated/α-hetero) is 1. The molecule has 160 valence electrons. The van der Waals surface area contributed by atoms with E-state index < -0.39 is 59.7 Å². The fourth-order valence-electron chi connectivity index (χ4n) is 3.10. The van der Waals surface area contributed by atoms with E-state index in [1.165, 1.54) is 6.07 Å². The minimum Gasteiger partial charge on any atom is -0.452 e. The first kappa shape index (κ1) is 21.4. The van der Waals surface area contributed by atoms with Gasteiger partial charge in [0.05, 0.1) is 6.20 Å². The molecule has 0 radical (unpaired) electrons. The van der Waals surface area contributed by atoms with Gasteiger partial charge in [0.15, 0.2) is 11.9 Å². The van der Waals surface area contributed by atoms with Crippen LogP contribution in [0.1, 0.15) is 28.0 Å². The van der Waals surface area contributed by atoms with Gasteiger partial charge in [-0.25, -0.2) is 18.8 Å². The standard InChI is InChI=1S/C18H15F5N4O3/c19-8-17(5-14(18(21,22)23)30-16(24)27-17)10-3-9(1-2-11(10)20)4-13(28)12-6-26-15(29)7-25-12/h1-3,6-7,14H,4-5,8H2,(H2,24,27)(H,26,29)/t14-,17+/m0/s1. The number of alkyl halides is 4. The van der Waals surface area contributed by atoms with Crippen molar-refractivity contribution in [2.45, 2.75) is 30.7 Å². The van der Waals surface area contributed by atoms with Gasteiger partial charge < -0.3 is 15.5 Å². The van der Waals surface area contributed by atoms with Crippen LogP contribution >= 0.6 is 0 Å². The summed E-state index contributed by atoms with van der Waals surface area (Å²) < 4.78 is 72.4. The molecule has 0 saturated carbocycles. The first-order chi connectivity index (χ1) is 14.0. The minimum absolute atomic E-state index is 0.0776. The number of rotatable bonds is 5. The quantitative estimate of drug-likeness (QED) is 0.558. The van der Waals surface area contributed by atoms with E-state index in [1.807, 2.05) is 0 Å². The molecule has 2 aromatic rings. The number of hydrogen-bond donors (Lipinski definition) is 2. The Balaban J connectivity index is 1.97. The second kappa shape index (κ2) is 7.84. The third-order valence-electron chi connectivity index (χ3n) is 4.55. The number of carbonyl (C=O) groups excluding carboxylic acids is 1. The Hall–Kier alpha value is -3.31. The van der Waals surface area contributed by atoms with Gasteiger partial charge in [0.25, 0.3) is 11.6 Å². The summed E-state index contributed by atoms with van der Waals surface area (Å²) >= 11 is 0. The summed E-state index contributed by atoms with van der Waals surface area (Å²) in [5.41, 5.74) is 2.16. The average molecular weight is 430 g/mol. The molecule has 3 rings (SSSR count). The predicted molar refractivity (Wildman–Crippen MR) is 94.1 cm³/mol. The lowest BCUT2D eigenvalue weighted by Crippen LogP contribution is -2.48. The van der Waals surface area contributed by atoms with Crippen molar-refractivity contribution in [3.63, 3.8) is 0 Å². The topological polar surface area (TPSA) is 110 Å². The first-order valence-corrected chi connectivity index (χ1v) is 8.55. The lowest BCUT2D eigenvalue weighted by molar-refractivity contribution is -0.209. The van der Waals surface area contributed by atoms with E-state index in [2.05, 4.69) is 19.7 Å². The van der Waals surface area contributed by atoms with Crippen molar-refractivity contribution in [2.24, 2.45) is 10.7 Å². The molecule has 30 heavy (non-hydrogen) atoms. The number of hydrogen-bond acceptors (Lipinski definition) is 6. The first-order valence-electron chi connectivity index (χ1n) is 8.55. The van der Waals surface area contributed by atoms with Crippen LogP contribution in [-0.2, 0) is 16.7 Å². The van der Waals surface area contributed by atoms with E-state index in [4.69, 9.17) is 5.73 Å². The lowest BCUT2D eigenvalue weighted by atomic mass is 9.83. The van der Waals surface area contributed by atoms with Crippen LogP contribution in [0.15, 0.2) is 40.4 Å². The number of nitrogens with one attached hydrogen (secondary N) is 1. The van der Waals surface area contributed by atoms with Crippen LogP contribution in [0.3, 0.4) is 0 Å². The van der Waals surface area contributed by atoms with Crippen molar-refractivity contribution < 1.29 is 31.5 Å². The summed E-state index contributed by atoms with van der Waals surface area (Å²) in [5.74, 6) is -1.56. The van der Waals surface area contributed by atoms with Gasteiger partial charge in [-0.05, 0) is 17.7 Å². The highest BCUT2D eigenvalue weighted by molar-refractivity contribution is 5.95. The molecule has 3 N–H and O–H groups in total. The summed E-state index contributed by atoms with van der Waals surface area (Å²) in [7, 11) is 0. The summed E-state index contributed by atoms with van der Waals surface area (Å²) in [4.78, 5) is 32.9. The number of carbonyl (C=O) groups is 1. The van der Waals surface area contributed by atoms with Gasteiger partial charge in [0.2, 0.25) is 0 Å². The highest BCUT2D eigenvalue weighted by Crippen LogP contribution is 2.41. The summed E-state index contributed by atoms with van der Waals surface area (Å²) in [6, 6.07) is 2.27. The molecule has 2 atom stereocenters. The number of nitrogens with two attached hydrogens (primary N) is 1. The van der Waals surface area contributed by atoms with E-state index in [9.17, 15) is 31.5 Å². The van der Waals surface area contributed by atoms with Crippen molar-refractivity contribution in [3.8, 4) is 0 Å². The zero-order valence-corrected chi connectivity index (χ0v) is 15.2. The number of aromatic nitrogens is 2. The number of H-pyrrole nitrogens is 1. The Morgan fingerprint density at radius 1 is 1.37 bits per heavy atom. The Kier molecular flexibility index (Phi) is 5.59. The van der Waals surface area contributed by atoms with Gasteiger partial charge >= 0.3 is 6.18 Å². The maximum atomic E-state index is 14.5. The fourth-order valence-corrected chi connectivity index (χ4v) is 3.10. The number of amidine groups is 1. The molecule has 1 aromatic carbocycles. The lowest BCUT2D eigenvalue weighted by Gasteiger charge is -2.36. The number of benzene rings is 1. The molecule has 0 amide bonds. The molecule has 12 heteroatoms. The molecule has 1 aromatic heterocycles.